The molecule has 10 heteroatoms. The van der Waals surface area contributed by atoms with Crippen LogP contribution in [0.1, 0.15) is 11.4 Å². The first kappa shape index (κ1) is 20.9. The Morgan fingerprint density at radius 1 is 1.21 bits per heavy atom. The Hall–Kier alpha value is -2.85. The summed E-state index contributed by atoms with van der Waals surface area (Å²) in [6, 6.07) is 11.4. The molecule has 0 unspecified atom stereocenters. The van der Waals surface area contributed by atoms with Crippen molar-refractivity contribution >= 4 is 28.6 Å². The minimum atomic E-state index is -5.27. The van der Waals surface area contributed by atoms with E-state index in [0.717, 1.165) is 12.1 Å². The summed E-state index contributed by atoms with van der Waals surface area (Å²) in [6.07, 6.45) is -3.61. The van der Waals surface area contributed by atoms with Crippen LogP contribution in [0.3, 0.4) is 0 Å². The van der Waals surface area contributed by atoms with Gasteiger partial charge in [-0.2, -0.15) is 13.2 Å². The first-order chi connectivity index (χ1) is 13.7. The van der Waals surface area contributed by atoms with Crippen molar-refractivity contribution in [2.45, 2.75) is 23.2 Å². The molecular formula is C19H16F3N3O3S. The molecule has 0 fully saturated rings. The number of amides is 1. The summed E-state index contributed by atoms with van der Waals surface area (Å²) in [4.78, 5) is 31.5. The molecule has 0 saturated carbocycles. The molecule has 3 aromatic rings. The van der Waals surface area contributed by atoms with Gasteiger partial charge >= 0.3 is 6.18 Å². The number of halogens is 3. The Labute approximate surface area is 167 Å². The number of hydrogen-bond donors (Lipinski definition) is 3. The molecular weight excluding hydrogens is 407 g/mol. The number of carbonyl (C=O) groups excluding carboxylic acids is 1. The second kappa shape index (κ2) is 7.88. The Bertz CT molecular complexity index is 1120. The number of hydrogen-bond acceptors (Lipinski definition) is 5. The summed E-state index contributed by atoms with van der Waals surface area (Å²) in [7, 11) is 0. The van der Waals surface area contributed by atoms with Gasteiger partial charge in [0, 0.05) is 10.5 Å². The van der Waals surface area contributed by atoms with Gasteiger partial charge in [0.05, 0.1) is 17.4 Å². The Kier molecular flexibility index (Phi) is 5.67. The highest BCUT2D eigenvalue weighted by Gasteiger charge is 2.60. The van der Waals surface area contributed by atoms with Crippen molar-refractivity contribution in [2.24, 2.45) is 0 Å². The van der Waals surface area contributed by atoms with E-state index in [2.05, 4.69) is 9.97 Å². The molecule has 0 bridgehead atoms. The molecule has 0 radical (unpaired) electrons. The van der Waals surface area contributed by atoms with Gasteiger partial charge in [-0.1, -0.05) is 24.3 Å². The molecule has 0 saturated heterocycles. The molecule has 6 nitrogen and oxygen atoms in total. The van der Waals surface area contributed by atoms with Crippen LogP contribution in [0.4, 0.5) is 13.2 Å². The smallest absolute Gasteiger partial charge is 0.369 e. The Balaban J connectivity index is 1.91. The summed E-state index contributed by atoms with van der Waals surface area (Å²) in [6.45, 7) is -0.500. The molecule has 2 aromatic carbocycles. The molecule has 3 N–H and O–H groups in total. The van der Waals surface area contributed by atoms with Gasteiger partial charge in [-0.05, 0) is 30.5 Å². The number of fused-ring (bicyclic) bond motifs is 1. The van der Waals surface area contributed by atoms with Crippen molar-refractivity contribution < 1.29 is 23.1 Å². The van der Waals surface area contributed by atoms with Gasteiger partial charge < -0.3 is 15.4 Å². The van der Waals surface area contributed by atoms with Crippen molar-refractivity contribution in [1.82, 2.24) is 15.3 Å². The van der Waals surface area contributed by atoms with Crippen LogP contribution in [0.15, 0.2) is 58.2 Å². The zero-order valence-electron chi connectivity index (χ0n) is 15.1. The molecule has 29 heavy (non-hydrogen) atoms. The molecule has 152 valence electrons. The molecule has 0 spiro atoms. The van der Waals surface area contributed by atoms with E-state index in [1.54, 1.807) is 36.6 Å². The molecule has 1 amide bonds. The maximum atomic E-state index is 13.7. The van der Waals surface area contributed by atoms with Crippen LogP contribution < -0.4 is 10.9 Å². The van der Waals surface area contributed by atoms with E-state index in [-0.39, 0.29) is 5.82 Å². The molecule has 1 atom stereocenters. The minimum Gasteiger partial charge on any atom is -0.369 e. The highest BCUT2D eigenvalue weighted by atomic mass is 32.2. The fourth-order valence-electron chi connectivity index (χ4n) is 2.78. The summed E-state index contributed by atoms with van der Waals surface area (Å²) in [5, 5.41) is 12.7. The van der Waals surface area contributed by atoms with E-state index in [1.807, 2.05) is 5.32 Å². The predicted octanol–water partition coefficient (Wildman–Crippen LogP) is 2.71. The van der Waals surface area contributed by atoms with E-state index in [4.69, 9.17) is 0 Å². The third-order valence-electron chi connectivity index (χ3n) is 4.30. The van der Waals surface area contributed by atoms with Crippen LogP contribution in [0.2, 0.25) is 0 Å². The van der Waals surface area contributed by atoms with Gasteiger partial charge in [-0.25, -0.2) is 4.98 Å². The fourth-order valence-corrected chi connectivity index (χ4v) is 3.24. The van der Waals surface area contributed by atoms with Gasteiger partial charge in [-0.15, -0.1) is 11.8 Å². The van der Waals surface area contributed by atoms with Crippen LogP contribution in [-0.2, 0) is 16.9 Å². The van der Waals surface area contributed by atoms with E-state index in [0.29, 0.717) is 15.8 Å². The van der Waals surface area contributed by atoms with Crippen LogP contribution in [0.25, 0.3) is 10.9 Å². The van der Waals surface area contributed by atoms with E-state index >= 15 is 0 Å². The molecule has 1 aromatic heterocycles. The predicted molar refractivity (Wildman–Crippen MR) is 102 cm³/mol. The number of benzene rings is 2. The van der Waals surface area contributed by atoms with E-state index < -0.39 is 35.4 Å². The lowest BCUT2D eigenvalue weighted by Gasteiger charge is -2.29. The SMILES string of the molecule is CSc1cccc([C@](O)(C(=O)NCc2nc3ccccc3c(=O)[nH]2)C(F)(F)F)c1. The first-order valence-corrected chi connectivity index (χ1v) is 9.59. The fraction of sp³-hybridized carbons (Fsp3) is 0.211. The zero-order chi connectivity index (χ0) is 21.2. The molecule has 0 aliphatic rings. The number of aliphatic hydroxyl groups is 1. The number of aromatic nitrogens is 2. The number of nitrogens with one attached hydrogen (secondary N) is 2. The van der Waals surface area contributed by atoms with Crippen LogP contribution >= 0.6 is 11.8 Å². The molecule has 3 rings (SSSR count). The lowest BCUT2D eigenvalue weighted by molar-refractivity contribution is -0.257. The molecule has 0 aliphatic heterocycles. The summed E-state index contributed by atoms with van der Waals surface area (Å²) in [5.41, 5.74) is -4.51. The van der Waals surface area contributed by atoms with Crippen molar-refractivity contribution in [3.63, 3.8) is 0 Å². The van der Waals surface area contributed by atoms with Crippen molar-refractivity contribution in [2.75, 3.05) is 6.26 Å². The average molecular weight is 423 g/mol. The van der Waals surface area contributed by atoms with E-state index in [9.17, 15) is 27.9 Å². The number of nitrogens with zero attached hydrogens (tertiary/aromatic N) is 1. The van der Waals surface area contributed by atoms with Crippen molar-refractivity contribution in [3.05, 3.63) is 70.3 Å². The lowest BCUT2D eigenvalue weighted by atomic mass is 9.92. The van der Waals surface area contributed by atoms with Crippen molar-refractivity contribution in [3.8, 4) is 0 Å². The third kappa shape index (κ3) is 3.99. The minimum absolute atomic E-state index is 0.0376. The molecule has 1 heterocycles. The van der Waals surface area contributed by atoms with Gasteiger partial charge in [0.1, 0.15) is 5.82 Å². The number of aromatic amines is 1. The summed E-state index contributed by atoms with van der Waals surface area (Å²) >= 11 is 1.17. The number of carbonyl (C=O) groups is 1. The lowest BCUT2D eigenvalue weighted by Crippen LogP contribution is -2.54. The van der Waals surface area contributed by atoms with E-state index in [1.165, 1.54) is 17.8 Å². The highest BCUT2D eigenvalue weighted by Crippen LogP contribution is 2.40. The van der Waals surface area contributed by atoms with Crippen molar-refractivity contribution in [1.29, 1.82) is 0 Å². The maximum absolute atomic E-state index is 13.7. The normalized spacial score (nSPS) is 13.8. The highest BCUT2D eigenvalue weighted by molar-refractivity contribution is 7.98. The Morgan fingerprint density at radius 2 is 1.93 bits per heavy atom. The number of alkyl halides is 3. The second-order valence-corrected chi connectivity index (χ2v) is 7.03. The first-order valence-electron chi connectivity index (χ1n) is 8.36. The summed E-state index contributed by atoms with van der Waals surface area (Å²) < 4.78 is 41.0. The van der Waals surface area contributed by atoms with Gasteiger partial charge in [0.15, 0.2) is 0 Å². The second-order valence-electron chi connectivity index (χ2n) is 6.15. The van der Waals surface area contributed by atoms with Gasteiger partial charge in [0.2, 0.25) is 0 Å². The number of thioether (sulfide) groups is 1. The molecule has 0 aliphatic carbocycles. The number of para-hydroxylation sites is 1. The monoisotopic (exact) mass is 423 g/mol. The number of H-pyrrole nitrogens is 1. The standard InChI is InChI=1S/C19H16F3N3O3S/c1-29-12-6-4-5-11(9-12)18(28,19(20,21)22)17(27)23-10-15-24-14-8-3-2-7-13(14)16(26)25-15/h2-9,28H,10H2,1H3,(H,23,27)(H,24,25,26)/t18-/m0/s1. The number of rotatable bonds is 5. The topological polar surface area (TPSA) is 95.1 Å². The summed E-state index contributed by atoms with van der Waals surface area (Å²) in [5.74, 6) is -1.71. The van der Waals surface area contributed by atoms with Gasteiger partial charge in [0.25, 0.3) is 17.1 Å². The maximum Gasteiger partial charge on any atom is 0.430 e. The van der Waals surface area contributed by atoms with Crippen LogP contribution in [0, 0.1) is 0 Å². The Morgan fingerprint density at radius 3 is 2.62 bits per heavy atom. The third-order valence-corrected chi connectivity index (χ3v) is 5.03. The largest absolute Gasteiger partial charge is 0.430 e. The zero-order valence-corrected chi connectivity index (χ0v) is 15.9. The van der Waals surface area contributed by atoms with Gasteiger partial charge in [-0.3, -0.25) is 9.59 Å². The van der Waals surface area contributed by atoms with Crippen LogP contribution in [-0.4, -0.2) is 33.4 Å². The average Bonchev–Trinajstić information content (AvgIpc) is 2.70. The quantitative estimate of drug-likeness (QED) is 0.549. The van der Waals surface area contributed by atoms with Crippen LogP contribution in [0.5, 0.6) is 0 Å².